The van der Waals surface area contributed by atoms with Gasteiger partial charge in [-0.25, -0.2) is 4.79 Å². The van der Waals surface area contributed by atoms with Crippen molar-refractivity contribution in [2.75, 3.05) is 0 Å². The van der Waals surface area contributed by atoms with Crippen molar-refractivity contribution in [2.45, 2.75) is 96.8 Å². The first-order chi connectivity index (χ1) is 16.3. The highest BCUT2D eigenvalue weighted by Gasteiger charge is 2.28. The van der Waals surface area contributed by atoms with Crippen molar-refractivity contribution in [3.8, 4) is 0 Å². The van der Waals surface area contributed by atoms with E-state index in [1.54, 1.807) is 11.4 Å². The minimum absolute atomic E-state index is 0.00436. The summed E-state index contributed by atoms with van der Waals surface area (Å²) in [5.74, 6) is 0.0750. The fourth-order valence-corrected chi connectivity index (χ4v) is 6.22. The summed E-state index contributed by atoms with van der Waals surface area (Å²) in [6, 6.07) is 2.04. The molecule has 0 saturated heterocycles. The lowest BCUT2D eigenvalue weighted by molar-refractivity contribution is -0.126. The van der Waals surface area contributed by atoms with Gasteiger partial charge in [0.15, 0.2) is 0 Å². The van der Waals surface area contributed by atoms with Gasteiger partial charge in [0.2, 0.25) is 11.8 Å². The fraction of sp³-hybridized carbons (Fsp3) is 0.680. The molecule has 0 spiro atoms. The smallest absolute Gasteiger partial charge is 0.332 e. The Morgan fingerprint density at radius 2 is 1.74 bits per heavy atom. The monoisotopic (exact) mass is 488 g/mol. The Kier molecular flexibility index (Phi) is 7.91. The van der Waals surface area contributed by atoms with Crippen LogP contribution >= 0.6 is 11.3 Å². The quantitative estimate of drug-likeness (QED) is 0.625. The standard InChI is InChI=1S/C25H36N4O4S/c1-16(2)26-23(31)18-10-8-17(9-11-18)14-29-24(32)22-20(12-13-34-22)28(25(29)33)15-21(30)27-19-6-4-3-5-7-19/h12-13,16-19H,3-11,14-15H2,1-2H3,(H,26,31)(H,27,30). The van der Waals surface area contributed by atoms with E-state index in [2.05, 4.69) is 10.6 Å². The zero-order valence-corrected chi connectivity index (χ0v) is 21.0. The molecule has 2 aliphatic carbocycles. The van der Waals surface area contributed by atoms with Crippen LogP contribution in [0.5, 0.6) is 0 Å². The predicted octanol–water partition coefficient (Wildman–Crippen LogP) is 3.00. The number of rotatable bonds is 7. The van der Waals surface area contributed by atoms with Crippen LogP contribution in [0.15, 0.2) is 21.0 Å². The predicted molar refractivity (Wildman–Crippen MR) is 134 cm³/mol. The van der Waals surface area contributed by atoms with Gasteiger partial charge in [-0.15, -0.1) is 11.3 Å². The minimum Gasteiger partial charge on any atom is -0.354 e. The lowest BCUT2D eigenvalue weighted by Gasteiger charge is -2.28. The van der Waals surface area contributed by atoms with E-state index in [0.717, 1.165) is 51.4 Å². The van der Waals surface area contributed by atoms with Gasteiger partial charge in [0, 0.05) is 24.5 Å². The molecular weight excluding hydrogens is 452 g/mol. The number of hydrogen-bond acceptors (Lipinski definition) is 5. The molecule has 2 aromatic rings. The van der Waals surface area contributed by atoms with Gasteiger partial charge < -0.3 is 10.6 Å². The van der Waals surface area contributed by atoms with Crippen molar-refractivity contribution < 1.29 is 9.59 Å². The highest BCUT2D eigenvalue weighted by Crippen LogP contribution is 2.30. The summed E-state index contributed by atoms with van der Waals surface area (Å²) in [6.45, 7) is 4.16. The number of thiophene rings is 1. The van der Waals surface area contributed by atoms with Crippen LogP contribution < -0.4 is 21.9 Å². The summed E-state index contributed by atoms with van der Waals surface area (Å²) in [7, 11) is 0. The Morgan fingerprint density at radius 1 is 1.03 bits per heavy atom. The van der Waals surface area contributed by atoms with Crippen LogP contribution in [0.25, 0.3) is 10.2 Å². The second kappa shape index (κ2) is 10.9. The van der Waals surface area contributed by atoms with Gasteiger partial charge in [-0.3, -0.25) is 23.5 Å². The molecular formula is C25H36N4O4S. The van der Waals surface area contributed by atoms with E-state index in [9.17, 15) is 19.2 Å². The Morgan fingerprint density at radius 3 is 2.41 bits per heavy atom. The topological polar surface area (TPSA) is 102 Å². The van der Waals surface area contributed by atoms with Crippen LogP contribution in [0.3, 0.4) is 0 Å². The average molecular weight is 489 g/mol. The molecule has 0 radical (unpaired) electrons. The molecule has 0 aromatic carbocycles. The van der Waals surface area contributed by atoms with Gasteiger partial charge in [-0.2, -0.15) is 0 Å². The Hall–Kier alpha value is -2.42. The molecule has 2 N–H and O–H groups in total. The Labute approximate surface area is 203 Å². The first-order valence-electron chi connectivity index (χ1n) is 12.6. The van der Waals surface area contributed by atoms with Crippen LogP contribution in [0, 0.1) is 11.8 Å². The SMILES string of the molecule is CC(C)NC(=O)C1CCC(Cn2c(=O)c3sccc3n(CC(=O)NC3CCCCC3)c2=O)CC1. The minimum atomic E-state index is -0.422. The lowest BCUT2D eigenvalue weighted by Crippen LogP contribution is -2.45. The second-order valence-corrected chi connectivity index (χ2v) is 11.1. The number of amides is 2. The molecule has 186 valence electrons. The number of aromatic nitrogens is 2. The third-order valence-corrected chi connectivity index (χ3v) is 8.09. The van der Waals surface area contributed by atoms with Crippen molar-refractivity contribution in [1.82, 2.24) is 19.8 Å². The molecule has 0 unspecified atom stereocenters. The first kappa shape index (κ1) is 24.7. The van der Waals surface area contributed by atoms with Gasteiger partial charge in [0.05, 0.1) is 5.52 Å². The van der Waals surface area contributed by atoms with Crippen LogP contribution in [-0.4, -0.2) is 33.0 Å². The maximum absolute atomic E-state index is 13.4. The van der Waals surface area contributed by atoms with Gasteiger partial charge >= 0.3 is 5.69 Å². The molecule has 2 saturated carbocycles. The molecule has 0 bridgehead atoms. The molecule has 9 heteroatoms. The highest BCUT2D eigenvalue weighted by atomic mass is 32.1. The van der Waals surface area contributed by atoms with Crippen molar-refractivity contribution >= 4 is 33.4 Å². The van der Waals surface area contributed by atoms with E-state index < -0.39 is 5.69 Å². The van der Waals surface area contributed by atoms with E-state index >= 15 is 0 Å². The Balaban J connectivity index is 1.49. The molecule has 34 heavy (non-hydrogen) atoms. The zero-order chi connectivity index (χ0) is 24.2. The normalized spacial score (nSPS) is 21.6. The summed E-state index contributed by atoms with van der Waals surface area (Å²) >= 11 is 1.31. The Bertz CT molecular complexity index is 1130. The van der Waals surface area contributed by atoms with Crippen molar-refractivity contribution in [2.24, 2.45) is 11.8 Å². The van der Waals surface area contributed by atoms with Gasteiger partial charge in [0.25, 0.3) is 5.56 Å². The fourth-order valence-electron chi connectivity index (χ4n) is 5.38. The van der Waals surface area contributed by atoms with Crippen LogP contribution in [0.2, 0.25) is 0 Å². The maximum atomic E-state index is 13.4. The van der Waals surface area contributed by atoms with E-state index in [1.807, 2.05) is 13.8 Å². The molecule has 2 aliphatic rings. The second-order valence-electron chi connectivity index (χ2n) is 10.2. The van der Waals surface area contributed by atoms with Gasteiger partial charge in [-0.05, 0) is 69.7 Å². The number of nitrogens with one attached hydrogen (secondary N) is 2. The van der Waals surface area contributed by atoms with E-state index in [1.165, 1.54) is 26.9 Å². The molecule has 2 fully saturated rings. The third kappa shape index (κ3) is 5.62. The van der Waals surface area contributed by atoms with Crippen molar-refractivity contribution in [3.63, 3.8) is 0 Å². The molecule has 0 atom stereocenters. The van der Waals surface area contributed by atoms with Gasteiger partial charge in [-0.1, -0.05) is 19.3 Å². The van der Waals surface area contributed by atoms with Crippen LogP contribution in [-0.2, 0) is 22.7 Å². The van der Waals surface area contributed by atoms with Gasteiger partial charge in [0.1, 0.15) is 11.2 Å². The number of carbonyl (C=O) groups is 2. The third-order valence-electron chi connectivity index (χ3n) is 7.20. The molecule has 4 rings (SSSR count). The molecule has 2 amide bonds. The summed E-state index contributed by atoms with van der Waals surface area (Å²) in [5.41, 5.74) is -0.169. The molecule has 0 aliphatic heterocycles. The number of nitrogens with zero attached hydrogens (tertiary/aromatic N) is 2. The first-order valence-corrected chi connectivity index (χ1v) is 13.5. The van der Waals surface area contributed by atoms with Crippen LogP contribution in [0.1, 0.15) is 71.6 Å². The number of carbonyl (C=O) groups excluding carboxylic acids is 2. The summed E-state index contributed by atoms with van der Waals surface area (Å²) in [4.78, 5) is 51.6. The number of fused-ring (bicyclic) bond motifs is 1. The number of hydrogen-bond donors (Lipinski definition) is 2. The largest absolute Gasteiger partial charge is 0.354 e. The van der Waals surface area contributed by atoms with Crippen molar-refractivity contribution in [3.05, 3.63) is 32.3 Å². The molecule has 8 nitrogen and oxygen atoms in total. The van der Waals surface area contributed by atoms with E-state index in [0.29, 0.717) is 16.8 Å². The molecule has 2 aromatic heterocycles. The zero-order valence-electron chi connectivity index (χ0n) is 20.2. The highest BCUT2D eigenvalue weighted by molar-refractivity contribution is 7.17. The molecule has 2 heterocycles. The van der Waals surface area contributed by atoms with E-state index in [-0.39, 0.29) is 47.8 Å². The summed E-state index contributed by atoms with van der Waals surface area (Å²) in [6.07, 6.45) is 8.51. The average Bonchev–Trinajstić information content (AvgIpc) is 3.30. The summed E-state index contributed by atoms with van der Waals surface area (Å²) < 4.78 is 3.27. The lowest BCUT2D eigenvalue weighted by atomic mass is 9.81. The van der Waals surface area contributed by atoms with E-state index in [4.69, 9.17) is 0 Å². The van der Waals surface area contributed by atoms with Crippen molar-refractivity contribution in [1.29, 1.82) is 0 Å². The van der Waals surface area contributed by atoms with Crippen LogP contribution in [0.4, 0.5) is 0 Å². The maximum Gasteiger partial charge on any atom is 0.332 e. The summed E-state index contributed by atoms with van der Waals surface area (Å²) in [5, 5.41) is 7.85.